The zero-order valence-corrected chi connectivity index (χ0v) is 21.7. The maximum atomic E-state index is 14.0. The van der Waals surface area contributed by atoms with E-state index in [4.69, 9.17) is 0 Å². The van der Waals surface area contributed by atoms with Gasteiger partial charge >= 0.3 is 0 Å². The number of allylic oxidation sites excluding steroid dienone is 1. The molecule has 2 heterocycles. The molecule has 0 saturated carbocycles. The number of fused-ring (bicyclic) bond motifs is 1. The number of rotatable bonds is 4. The van der Waals surface area contributed by atoms with Crippen LogP contribution in [-0.4, -0.2) is 16.7 Å². The molecule has 3 aromatic carbocycles. The second-order valence-electron chi connectivity index (χ2n) is 10.1. The molecule has 0 spiro atoms. The van der Waals surface area contributed by atoms with Crippen LogP contribution in [0.25, 0.3) is 6.08 Å². The molecule has 1 aromatic heterocycles. The maximum Gasteiger partial charge on any atom is 0.251 e. The van der Waals surface area contributed by atoms with Crippen LogP contribution in [0.1, 0.15) is 47.1 Å². The number of aromatic nitrogens is 1. The van der Waals surface area contributed by atoms with Gasteiger partial charge in [0.2, 0.25) is 0 Å². The molecule has 2 aliphatic rings. The molecule has 0 fully saturated rings. The van der Waals surface area contributed by atoms with Gasteiger partial charge in [0, 0.05) is 36.2 Å². The monoisotopic (exact) mass is 511 g/mol. The third-order valence-corrected chi connectivity index (χ3v) is 7.49. The lowest BCUT2D eigenvalue weighted by atomic mass is 9.78. The summed E-state index contributed by atoms with van der Waals surface area (Å²) < 4.78 is 0. The summed E-state index contributed by atoms with van der Waals surface area (Å²) in [6, 6.07) is 29.1. The van der Waals surface area contributed by atoms with Crippen molar-refractivity contribution in [3.8, 4) is 0 Å². The fourth-order valence-corrected chi connectivity index (χ4v) is 5.57. The lowest BCUT2D eigenvalue weighted by Crippen LogP contribution is -2.37. The molecule has 1 amide bonds. The van der Waals surface area contributed by atoms with Gasteiger partial charge in [0.25, 0.3) is 5.91 Å². The molecule has 1 aliphatic carbocycles. The number of nitrogens with one attached hydrogen (secondary N) is 1. The van der Waals surface area contributed by atoms with Crippen molar-refractivity contribution < 1.29 is 9.59 Å². The van der Waals surface area contributed by atoms with Gasteiger partial charge in [-0.1, -0.05) is 78.4 Å². The molecule has 5 nitrogen and oxygen atoms in total. The van der Waals surface area contributed by atoms with Crippen molar-refractivity contribution in [1.82, 2.24) is 4.98 Å². The van der Waals surface area contributed by atoms with Gasteiger partial charge in [-0.3, -0.25) is 19.5 Å². The van der Waals surface area contributed by atoms with E-state index in [1.165, 1.54) is 5.56 Å². The summed E-state index contributed by atoms with van der Waals surface area (Å²) in [5.74, 6) is -0.101. The Labute approximate surface area is 228 Å². The number of aryl methyl sites for hydroxylation is 1. The van der Waals surface area contributed by atoms with E-state index < -0.39 is 6.04 Å². The Kier molecular flexibility index (Phi) is 6.64. The van der Waals surface area contributed by atoms with Crippen molar-refractivity contribution in [2.75, 3.05) is 10.2 Å². The predicted molar refractivity (Wildman–Crippen MR) is 155 cm³/mol. The number of anilines is 2. The van der Waals surface area contributed by atoms with Gasteiger partial charge in [-0.05, 0) is 60.2 Å². The zero-order chi connectivity index (χ0) is 26.8. The SMILES string of the molecule is Cc1ccc([C@H]2CC(=O)C3=C(C2)Nc2ccccc2N(C(=O)/C=C/c2ccccc2)[C@@H]3c2cccnc2)cc1. The Morgan fingerprint density at radius 1 is 0.897 bits per heavy atom. The maximum absolute atomic E-state index is 14.0. The van der Waals surface area contributed by atoms with Crippen molar-refractivity contribution >= 4 is 29.1 Å². The van der Waals surface area contributed by atoms with Crippen LogP contribution >= 0.6 is 0 Å². The number of para-hydroxylation sites is 2. The smallest absolute Gasteiger partial charge is 0.251 e. The molecule has 1 N–H and O–H groups in total. The first-order chi connectivity index (χ1) is 19.1. The normalized spacial score (nSPS) is 18.8. The molecule has 0 saturated heterocycles. The number of carbonyl (C=O) groups excluding carboxylic acids is 2. The number of hydrogen-bond acceptors (Lipinski definition) is 4. The van der Waals surface area contributed by atoms with Crippen LogP contribution < -0.4 is 10.2 Å². The van der Waals surface area contributed by atoms with E-state index in [2.05, 4.69) is 41.5 Å². The fraction of sp³-hybridized carbons (Fsp3) is 0.147. The molecule has 0 radical (unpaired) electrons. The van der Waals surface area contributed by atoms with E-state index in [-0.39, 0.29) is 17.6 Å². The van der Waals surface area contributed by atoms with Gasteiger partial charge in [0.1, 0.15) is 0 Å². The number of benzene rings is 3. The quantitative estimate of drug-likeness (QED) is 0.300. The van der Waals surface area contributed by atoms with Crippen LogP contribution in [0.3, 0.4) is 0 Å². The van der Waals surface area contributed by atoms with Crippen molar-refractivity contribution in [1.29, 1.82) is 0 Å². The molecule has 5 heteroatoms. The van der Waals surface area contributed by atoms with E-state index in [1.54, 1.807) is 23.4 Å². The molecule has 39 heavy (non-hydrogen) atoms. The Bertz CT molecular complexity index is 1570. The first-order valence-electron chi connectivity index (χ1n) is 13.2. The van der Waals surface area contributed by atoms with Gasteiger partial charge in [0.15, 0.2) is 5.78 Å². The molecule has 0 unspecified atom stereocenters. The third-order valence-electron chi connectivity index (χ3n) is 7.49. The van der Waals surface area contributed by atoms with Crippen molar-refractivity contribution in [3.05, 3.63) is 143 Å². The molecule has 192 valence electrons. The van der Waals surface area contributed by atoms with Crippen molar-refractivity contribution in [2.45, 2.75) is 31.7 Å². The molecule has 0 bridgehead atoms. The minimum atomic E-state index is -0.607. The molecular weight excluding hydrogens is 482 g/mol. The summed E-state index contributed by atoms with van der Waals surface area (Å²) in [4.78, 5) is 34.2. The highest BCUT2D eigenvalue weighted by atomic mass is 16.2. The third kappa shape index (κ3) is 4.91. The Morgan fingerprint density at radius 3 is 2.44 bits per heavy atom. The number of pyridine rings is 1. The second kappa shape index (κ2) is 10.5. The van der Waals surface area contributed by atoms with Gasteiger partial charge in [-0.25, -0.2) is 0 Å². The Balaban J connectivity index is 1.49. The Morgan fingerprint density at radius 2 is 1.67 bits per heavy atom. The number of hydrogen-bond donors (Lipinski definition) is 1. The van der Waals surface area contributed by atoms with E-state index in [9.17, 15) is 9.59 Å². The van der Waals surface area contributed by atoms with E-state index >= 15 is 0 Å². The van der Waals surface area contributed by atoms with E-state index in [1.807, 2.05) is 72.8 Å². The topological polar surface area (TPSA) is 62.3 Å². The fourth-order valence-electron chi connectivity index (χ4n) is 5.57. The predicted octanol–water partition coefficient (Wildman–Crippen LogP) is 7.00. The molecule has 1 aliphatic heterocycles. The minimum Gasteiger partial charge on any atom is -0.357 e. The highest BCUT2D eigenvalue weighted by Gasteiger charge is 2.41. The van der Waals surface area contributed by atoms with Gasteiger partial charge < -0.3 is 5.32 Å². The number of ketones is 1. The second-order valence-corrected chi connectivity index (χ2v) is 10.1. The average molecular weight is 512 g/mol. The average Bonchev–Trinajstić information content (AvgIpc) is 3.12. The van der Waals surface area contributed by atoms with E-state index in [0.717, 1.165) is 33.8 Å². The molecule has 4 aromatic rings. The minimum absolute atomic E-state index is 0.0424. The number of Topliss-reactive ketones (excluding diaryl/α,β-unsaturated/α-hetero) is 1. The summed E-state index contributed by atoms with van der Waals surface area (Å²) in [6.07, 6.45) is 7.93. The van der Waals surface area contributed by atoms with Crippen LogP contribution in [-0.2, 0) is 9.59 Å². The first kappa shape index (κ1) is 24.6. The number of amides is 1. The summed E-state index contributed by atoms with van der Waals surface area (Å²) in [5, 5.41) is 3.58. The molecule has 2 atom stereocenters. The van der Waals surface area contributed by atoms with Crippen LogP contribution in [0.5, 0.6) is 0 Å². The van der Waals surface area contributed by atoms with Crippen LogP contribution in [0.4, 0.5) is 11.4 Å². The summed E-state index contributed by atoms with van der Waals surface area (Å²) >= 11 is 0. The lowest BCUT2D eigenvalue weighted by molar-refractivity contribution is -0.116. The number of nitrogens with zero attached hydrogens (tertiary/aromatic N) is 2. The van der Waals surface area contributed by atoms with Crippen molar-refractivity contribution in [2.24, 2.45) is 0 Å². The highest BCUT2D eigenvalue weighted by Crippen LogP contribution is 2.47. The van der Waals surface area contributed by atoms with E-state index in [0.29, 0.717) is 18.4 Å². The highest BCUT2D eigenvalue weighted by molar-refractivity contribution is 6.10. The van der Waals surface area contributed by atoms with Gasteiger partial charge in [-0.2, -0.15) is 0 Å². The summed E-state index contributed by atoms with van der Waals surface area (Å²) in [7, 11) is 0. The largest absolute Gasteiger partial charge is 0.357 e. The van der Waals surface area contributed by atoms with Crippen LogP contribution in [0.2, 0.25) is 0 Å². The van der Waals surface area contributed by atoms with Crippen LogP contribution in [0.15, 0.2) is 121 Å². The summed E-state index contributed by atoms with van der Waals surface area (Å²) in [6.45, 7) is 2.07. The van der Waals surface area contributed by atoms with Gasteiger partial charge in [-0.15, -0.1) is 0 Å². The Hall–Kier alpha value is -4.77. The molecular formula is C34H29N3O2. The first-order valence-corrected chi connectivity index (χ1v) is 13.2. The molecule has 6 rings (SSSR count). The van der Waals surface area contributed by atoms with Gasteiger partial charge in [0.05, 0.1) is 17.4 Å². The standard InChI is InChI=1S/C34H29N3O2/c1-23-13-16-25(17-14-23)27-20-29-33(31(38)21-27)34(26-10-7-19-35-22-26)37(30-12-6-5-11-28(30)36-29)32(39)18-15-24-8-3-2-4-9-24/h2-19,22,27,34,36H,20-21H2,1H3/b18-15+/t27-,34-/m1/s1. The summed E-state index contributed by atoms with van der Waals surface area (Å²) in [5.41, 5.74) is 7.09. The number of carbonyl (C=O) groups is 2. The van der Waals surface area contributed by atoms with Crippen molar-refractivity contribution in [3.63, 3.8) is 0 Å². The van der Waals surface area contributed by atoms with Crippen LogP contribution in [0, 0.1) is 6.92 Å². The lowest BCUT2D eigenvalue weighted by Gasteiger charge is -2.34. The zero-order valence-electron chi connectivity index (χ0n) is 21.7.